The molecule has 0 aliphatic carbocycles. The van der Waals surface area contributed by atoms with Crippen LogP contribution in [0.5, 0.6) is 0 Å². The van der Waals surface area contributed by atoms with Crippen LogP contribution in [0.3, 0.4) is 0 Å². The van der Waals surface area contributed by atoms with E-state index < -0.39 is 11.6 Å². The topological polar surface area (TPSA) is 32.7 Å². The smallest absolute Gasteiger partial charge is 0.127 e. The highest BCUT2D eigenvalue weighted by atomic mass is 35.5. The third-order valence-electron chi connectivity index (χ3n) is 4.10. The second kappa shape index (κ2) is 6.39. The van der Waals surface area contributed by atoms with Crippen molar-refractivity contribution < 1.29 is 14.2 Å². The molecule has 1 aromatic rings. The van der Waals surface area contributed by atoms with Gasteiger partial charge in [0.2, 0.25) is 0 Å². The van der Waals surface area contributed by atoms with Gasteiger partial charge in [0.05, 0.1) is 19.3 Å². The van der Waals surface area contributed by atoms with Crippen LogP contribution in [-0.4, -0.2) is 48.0 Å². The Hall–Kier alpha value is -0.680. The molecule has 0 bridgehead atoms. The second-order valence-corrected chi connectivity index (χ2v) is 6.08. The van der Waals surface area contributed by atoms with E-state index in [1.54, 1.807) is 12.1 Å². The van der Waals surface area contributed by atoms with Gasteiger partial charge in [0.1, 0.15) is 5.82 Å². The molecule has 1 aliphatic rings. The van der Waals surface area contributed by atoms with E-state index in [4.69, 9.17) is 16.3 Å². The summed E-state index contributed by atoms with van der Waals surface area (Å²) in [6, 6.07) is 4.59. The molecule has 1 aliphatic heterocycles. The number of rotatable bonds is 4. The van der Waals surface area contributed by atoms with Crippen molar-refractivity contribution in [3.8, 4) is 0 Å². The minimum atomic E-state index is -0.699. The number of halogens is 2. The number of aliphatic hydroxyl groups excluding tert-OH is 1. The molecule has 0 spiro atoms. The standard InChI is InChI=1S/C15H21ClFNO2/c1-15(2,18-6-8-20-9-7-18)14(19)10-11-12(16)4-3-5-13(11)17/h3-5,14,19H,6-10H2,1-2H3. The molecular weight excluding hydrogens is 281 g/mol. The van der Waals surface area contributed by atoms with Gasteiger partial charge in [-0.2, -0.15) is 0 Å². The monoisotopic (exact) mass is 301 g/mol. The number of aliphatic hydroxyl groups is 1. The molecular formula is C15H21ClFNO2. The van der Waals surface area contributed by atoms with Crippen LogP contribution < -0.4 is 0 Å². The first-order chi connectivity index (χ1) is 9.43. The largest absolute Gasteiger partial charge is 0.391 e. The third-order valence-corrected chi connectivity index (χ3v) is 4.45. The summed E-state index contributed by atoms with van der Waals surface area (Å²) in [5.41, 5.74) is -0.0712. The maximum Gasteiger partial charge on any atom is 0.127 e. The van der Waals surface area contributed by atoms with Gasteiger partial charge in [0, 0.05) is 35.6 Å². The number of morpholine rings is 1. The lowest BCUT2D eigenvalue weighted by atomic mass is 9.89. The quantitative estimate of drug-likeness (QED) is 0.927. The normalized spacial score (nSPS) is 19.1. The summed E-state index contributed by atoms with van der Waals surface area (Å²) in [7, 11) is 0. The van der Waals surface area contributed by atoms with Gasteiger partial charge in [-0.15, -0.1) is 0 Å². The molecule has 2 rings (SSSR count). The summed E-state index contributed by atoms with van der Waals surface area (Å²) in [6.07, 6.45) is -0.495. The van der Waals surface area contributed by atoms with E-state index in [0.29, 0.717) is 23.8 Å². The SMILES string of the molecule is CC(C)(C(O)Cc1c(F)cccc1Cl)N1CCOCC1. The Labute approximate surface area is 124 Å². The highest BCUT2D eigenvalue weighted by Gasteiger charge is 2.35. The molecule has 0 saturated carbocycles. The van der Waals surface area contributed by atoms with Crippen molar-refractivity contribution in [3.05, 3.63) is 34.6 Å². The van der Waals surface area contributed by atoms with Crippen LogP contribution in [0, 0.1) is 5.82 Å². The average molecular weight is 302 g/mol. The molecule has 1 saturated heterocycles. The highest BCUT2D eigenvalue weighted by Crippen LogP contribution is 2.27. The van der Waals surface area contributed by atoms with Crippen LogP contribution in [0.25, 0.3) is 0 Å². The summed E-state index contributed by atoms with van der Waals surface area (Å²) in [5.74, 6) is -0.366. The molecule has 1 atom stereocenters. The first-order valence-electron chi connectivity index (χ1n) is 6.86. The van der Waals surface area contributed by atoms with E-state index in [9.17, 15) is 9.50 Å². The van der Waals surface area contributed by atoms with Crippen LogP contribution >= 0.6 is 11.6 Å². The van der Waals surface area contributed by atoms with Gasteiger partial charge in [0.25, 0.3) is 0 Å². The van der Waals surface area contributed by atoms with E-state index in [2.05, 4.69) is 4.90 Å². The Balaban J connectivity index is 2.12. The Kier molecular flexibility index (Phi) is 5.02. The van der Waals surface area contributed by atoms with Gasteiger partial charge in [-0.05, 0) is 26.0 Å². The first kappa shape index (κ1) is 15.7. The fourth-order valence-corrected chi connectivity index (χ4v) is 2.76. The predicted octanol–water partition coefficient (Wildman–Crippen LogP) is 2.49. The number of benzene rings is 1. The molecule has 0 radical (unpaired) electrons. The van der Waals surface area contributed by atoms with Crippen molar-refractivity contribution in [2.24, 2.45) is 0 Å². The first-order valence-corrected chi connectivity index (χ1v) is 7.24. The minimum Gasteiger partial charge on any atom is -0.391 e. The summed E-state index contributed by atoms with van der Waals surface area (Å²) < 4.78 is 19.1. The van der Waals surface area contributed by atoms with E-state index in [1.807, 2.05) is 13.8 Å². The lowest BCUT2D eigenvalue weighted by molar-refractivity contribution is -0.0613. The number of hydrogen-bond acceptors (Lipinski definition) is 3. The highest BCUT2D eigenvalue weighted by molar-refractivity contribution is 6.31. The van der Waals surface area contributed by atoms with Crippen LogP contribution in [0.15, 0.2) is 18.2 Å². The Morgan fingerprint density at radius 1 is 1.40 bits per heavy atom. The van der Waals surface area contributed by atoms with Crippen LogP contribution in [-0.2, 0) is 11.2 Å². The second-order valence-electron chi connectivity index (χ2n) is 5.67. The maximum atomic E-state index is 13.8. The van der Waals surface area contributed by atoms with Crippen LogP contribution in [0.1, 0.15) is 19.4 Å². The maximum absolute atomic E-state index is 13.8. The zero-order valence-corrected chi connectivity index (χ0v) is 12.7. The van der Waals surface area contributed by atoms with Crippen molar-refractivity contribution in [2.45, 2.75) is 31.9 Å². The summed E-state index contributed by atoms with van der Waals surface area (Å²) in [6.45, 7) is 6.81. The fraction of sp³-hybridized carbons (Fsp3) is 0.600. The zero-order valence-electron chi connectivity index (χ0n) is 11.9. The molecule has 5 heteroatoms. The molecule has 0 amide bonds. The Morgan fingerprint density at radius 3 is 2.65 bits per heavy atom. The Morgan fingerprint density at radius 2 is 2.05 bits per heavy atom. The summed E-state index contributed by atoms with van der Waals surface area (Å²) >= 11 is 6.02. The number of ether oxygens (including phenoxy) is 1. The summed E-state index contributed by atoms with van der Waals surface area (Å²) in [5, 5.41) is 10.9. The molecule has 1 heterocycles. The molecule has 1 fully saturated rings. The average Bonchev–Trinajstić information content (AvgIpc) is 2.43. The van der Waals surface area contributed by atoms with Crippen molar-refractivity contribution in [2.75, 3.05) is 26.3 Å². The Bertz CT molecular complexity index is 441. The minimum absolute atomic E-state index is 0.204. The number of hydrogen-bond donors (Lipinski definition) is 1. The fourth-order valence-electron chi connectivity index (χ4n) is 2.52. The van der Waals surface area contributed by atoms with Gasteiger partial charge in [-0.3, -0.25) is 4.90 Å². The van der Waals surface area contributed by atoms with Gasteiger partial charge in [0.15, 0.2) is 0 Å². The van der Waals surface area contributed by atoms with Gasteiger partial charge in [-0.1, -0.05) is 17.7 Å². The predicted molar refractivity (Wildman–Crippen MR) is 77.6 cm³/mol. The molecule has 1 N–H and O–H groups in total. The lowest BCUT2D eigenvalue weighted by Crippen LogP contribution is -2.56. The molecule has 0 aromatic heterocycles. The van der Waals surface area contributed by atoms with Gasteiger partial charge >= 0.3 is 0 Å². The van der Waals surface area contributed by atoms with E-state index in [0.717, 1.165) is 13.1 Å². The van der Waals surface area contributed by atoms with Crippen molar-refractivity contribution in [1.29, 1.82) is 0 Å². The van der Waals surface area contributed by atoms with Crippen LogP contribution in [0.4, 0.5) is 4.39 Å². The molecule has 20 heavy (non-hydrogen) atoms. The molecule has 112 valence electrons. The van der Waals surface area contributed by atoms with Crippen molar-refractivity contribution in [1.82, 2.24) is 4.90 Å². The zero-order chi connectivity index (χ0) is 14.8. The van der Waals surface area contributed by atoms with E-state index >= 15 is 0 Å². The summed E-state index contributed by atoms with van der Waals surface area (Å²) in [4.78, 5) is 2.18. The van der Waals surface area contributed by atoms with E-state index in [1.165, 1.54) is 6.07 Å². The number of nitrogens with zero attached hydrogens (tertiary/aromatic N) is 1. The lowest BCUT2D eigenvalue weighted by Gasteiger charge is -2.43. The molecule has 1 aromatic carbocycles. The third kappa shape index (κ3) is 3.31. The van der Waals surface area contributed by atoms with Gasteiger partial charge < -0.3 is 9.84 Å². The molecule has 1 unspecified atom stereocenters. The van der Waals surface area contributed by atoms with Crippen LogP contribution in [0.2, 0.25) is 5.02 Å². The van der Waals surface area contributed by atoms with Gasteiger partial charge in [-0.25, -0.2) is 4.39 Å². The van der Waals surface area contributed by atoms with E-state index in [-0.39, 0.29) is 12.2 Å². The van der Waals surface area contributed by atoms with Crippen molar-refractivity contribution in [3.63, 3.8) is 0 Å². The van der Waals surface area contributed by atoms with Crippen molar-refractivity contribution >= 4 is 11.6 Å². The molecule has 3 nitrogen and oxygen atoms in total.